The van der Waals surface area contributed by atoms with Crippen molar-refractivity contribution in [2.75, 3.05) is 27.3 Å². The molecule has 1 aliphatic heterocycles. The molecule has 1 N–H and O–H groups in total. The van der Waals surface area contributed by atoms with E-state index in [-0.39, 0.29) is 24.4 Å². The Hall–Kier alpha value is -0.850. The van der Waals surface area contributed by atoms with Crippen LogP contribution in [-0.4, -0.2) is 56.0 Å². The molecule has 1 heterocycles. The molecule has 1 amide bonds. The normalized spacial score (nSPS) is 25.5. The van der Waals surface area contributed by atoms with Crippen LogP contribution in [0, 0.1) is 0 Å². The minimum absolute atomic E-state index is 0.0144. The van der Waals surface area contributed by atoms with E-state index in [9.17, 15) is 4.79 Å². The molecule has 3 rings (SSSR count). The smallest absolute Gasteiger partial charge is 0.224 e. The first kappa shape index (κ1) is 18.9. The fraction of sp³-hybridized carbons (Fsp3) is 0.611. The molecule has 1 spiro atoms. The van der Waals surface area contributed by atoms with Crippen molar-refractivity contribution in [1.29, 1.82) is 0 Å². The first-order chi connectivity index (χ1) is 11.9. The lowest BCUT2D eigenvalue weighted by atomic mass is 9.84. The third kappa shape index (κ3) is 4.47. The van der Waals surface area contributed by atoms with Crippen molar-refractivity contribution in [3.8, 4) is 0 Å². The molecule has 5 nitrogen and oxygen atoms in total. The molecule has 25 heavy (non-hydrogen) atoms. The van der Waals surface area contributed by atoms with Gasteiger partial charge in [0, 0.05) is 24.9 Å². The van der Waals surface area contributed by atoms with Crippen molar-refractivity contribution in [3.63, 3.8) is 0 Å². The standard InChI is InChI=1S/C18H24Cl2N2O3/c1-22(2)16-11-18(24-7-8-25-18)6-5-15(16)21-17(23)10-12-3-4-13(19)14(20)9-12/h3-4,9,15-16H,5-8,10-11H2,1-2H3,(H,21,23)/t15-,16-/m0/s1. The lowest BCUT2D eigenvalue weighted by Gasteiger charge is -2.44. The highest BCUT2D eigenvalue weighted by atomic mass is 35.5. The molecule has 1 saturated carbocycles. The second-order valence-corrected chi connectivity index (χ2v) is 7.80. The molecule has 0 aromatic heterocycles. The van der Waals surface area contributed by atoms with Crippen molar-refractivity contribution in [2.24, 2.45) is 0 Å². The van der Waals surface area contributed by atoms with Crippen LogP contribution in [0.2, 0.25) is 10.0 Å². The summed E-state index contributed by atoms with van der Waals surface area (Å²) in [5.74, 6) is -0.487. The fourth-order valence-corrected chi connectivity index (χ4v) is 4.01. The average molecular weight is 387 g/mol. The van der Waals surface area contributed by atoms with Gasteiger partial charge in [-0.2, -0.15) is 0 Å². The number of ether oxygens (including phenoxy) is 2. The van der Waals surface area contributed by atoms with E-state index in [4.69, 9.17) is 32.7 Å². The molecular weight excluding hydrogens is 363 g/mol. The molecule has 0 radical (unpaired) electrons. The zero-order valence-corrected chi connectivity index (χ0v) is 16.1. The molecule has 1 aromatic carbocycles. The number of benzene rings is 1. The lowest BCUT2D eigenvalue weighted by Crippen LogP contribution is -2.57. The van der Waals surface area contributed by atoms with Crippen LogP contribution in [0.3, 0.4) is 0 Å². The van der Waals surface area contributed by atoms with Crippen molar-refractivity contribution in [3.05, 3.63) is 33.8 Å². The summed E-state index contributed by atoms with van der Waals surface area (Å²) in [7, 11) is 4.05. The van der Waals surface area contributed by atoms with Gasteiger partial charge in [-0.1, -0.05) is 29.3 Å². The summed E-state index contributed by atoms with van der Waals surface area (Å²) < 4.78 is 11.7. The van der Waals surface area contributed by atoms with Crippen LogP contribution in [0.1, 0.15) is 24.8 Å². The third-order valence-corrected chi connectivity index (χ3v) is 5.73. The van der Waals surface area contributed by atoms with Gasteiger partial charge >= 0.3 is 0 Å². The minimum atomic E-state index is -0.472. The number of nitrogens with zero attached hydrogens (tertiary/aromatic N) is 1. The van der Waals surface area contributed by atoms with Gasteiger partial charge in [0.2, 0.25) is 5.91 Å². The topological polar surface area (TPSA) is 50.8 Å². The van der Waals surface area contributed by atoms with Gasteiger partial charge in [0.15, 0.2) is 5.79 Å². The van der Waals surface area contributed by atoms with Crippen molar-refractivity contribution < 1.29 is 14.3 Å². The van der Waals surface area contributed by atoms with Gasteiger partial charge in [-0.15, -0.1) is 0 Å². The number of rotatable bonds is 4. The number of nitrogens with one attached hydrogen (secondary N) is 1. The Morgan fingerprint density at radius 2 is 2.00 bits per heavy atom. The van der Waals surface area contributed by atoms with Crippen LogP contribution >= 0.6 is 23.2 Å². The van der Waals surface area contributed by atoms with Gasteiger partial charge in [0.25, 0.3) is 0 Å². The number of hydrogen-bond acceptors (Lipinski definition) is 4. The van der Waals surface area contributed by atoms with Crippen LogP contribution in [0.25, 0.3) is 0 Å². The highest BCUT2D eigenvalue weighted by Crippen LogP contribution is 2.37. The van der Waals surface area contributed by atoms with E-state index in [1.165, 1.54) is 0 Å². The maximum absolute atomic E-state index is 12.5. The van der Waals surface area contributed by atoms with Crippen LogP contribution in [0.5, 0.6) is 0 Å². The summed E-state index contributed by atoms with van der Waals surface area (Å²) >= 11 is 11.9. The lowest BCUT2D eigenvalue weighted by molar-refractivity contribution is -0.191. The van der Waals surface area contributed by atoms with E-state index in [2.05, 4.69) is 10.2 Å². The summed E-state index contributed by atoms with van der Waals surface area (Å²) in [4.78, 5) is 14.6. The summed E-state index contributed by atoms with van der Waals surface area (Å²) in [5.41, 5.74) is 0.850. The number of halogens is 2. The van der Waals surface area contributed by atoms with Crippen LogP contribution in [0.4, 0.5) is 0 Å². The molecular formula is C18H24Cl2N2O3. The summed E-state index contributed by atoms with van der Waals surface area (Å²) in [6.45, 7) is 1.29. The Morgan fingerprint density at radius 3 is 2.64 bits per heavy atom. The zero-order valence-electron chi connectivity index (χ0n) is 14.6. The number of hydrogen-bond donors (Lipinski definition) is 1. The summed E-state index contributed by atoms with van der Waals surface area (Å²) in [6.07, 6.45) is 2.68. The van der Waals surface area contributed by atoms with E-state index < -0.39 is 5.79 Å². The molecule has 2 aliphatic rings. The Morgan fingerprint density at radius 1 is 1.28 bits per heavy atom. The van der Waals surface area contributed by atoms with Crippen molar-refractivity contribution >= 4 is 29.1 Å². The van der Waals surface area contributed by atoms with E-state index in [0.717, 1.165) is 24.8 Å². The Balaban J connectivity index is 1.62. The quantitative estimate of drug-likeness (QED) is 0.863. The first-order valence-corrected chi connectivity index (χ1v) is 9.32. The van der Waals surface area contributed by atoms with E-state index >= 15 is 0 Å². The maximum atomic E-state index is 12.5. The fourth-order valence-electron chi connectivity index (χ4n) is 3.69. The second-order valence-electron chi connectivity index (χ2n) is 6.98. The Labute approximate surface area is 158 Å². The minimum Gasteiger partial charge on any atom is -0.352 e. The van der Waals surface area contributed by atoms with Crippen LogP contribution in [-0.2, 0) is 20.7 Å². The van der Waals surface area contributed by atoms with Gasteiger partial charge in [0.05, 0.1) is 29.7 Å². The Bertz CT molecular complexity index is 633. The predicted octanol–water partition coefficient (Wildman–Crippen LogP) is 2.88. The molecule has 7 heteroatoms. The molecule has 1 aromatic rings. The summed E-state index contributed by atoms with van der Waals surface area (Å²) in [6, 6.07) is 5.53. The number of amides is 1. The molecule has 0 bridgehead atoms. The maximum Gasteiger partial charge on any atom is 0.224 e. The predicted molar refractivity (Wildman–Crippen MR) is 98.1 cm³/mol. The first-order valence-electron chi connectivity index (χ1n) is 8.56. The van der Waals surface area contributed by atoms with Crippen LogP contribution in [0.15, 0.2) is 18.2 Å². The summed E-state index contributed by atoms with van der Waals surface area (Å²) in [5, 5.41) is 4.13. The molecule has 1 aliphatic carbocycles. The molecule has 0 unspecified atom stereocenters. The molecule has 1 saturated heterocycles. The van der Waals surface area contributed by atoms with Gasteiger partial charge in [-0.3, -0.25) is 4.79 Å². The Kier molecular flexibility index (Phi) is 5.91. The number of carbonyl (C=O) groups excluding carboxylic acids is 1. The molecule has 138 valence electrons. The molecule has 2 fully saturated rings. The highest BCUT2D eigenvalue weighted by Gasteiger charge is 2.46. The van der Waals surface area contributed by atoms with Gasteiger partial charge in [-0.25, -0.2) is 0 Å². The SMILES string of the molecule is CN(C)[C@H]1CC2(CC[C@@H]1NC(=O)Cc1ccc(Cl)c(Cl)c1)OCCO2. The van der Waals surface area contributed by atoms with Crippen LogP contribution < -0.4 is 5.32 Å². The highest BCUT2D eigenvalue weighted by molar-refractivity contribution is 6.42. The van der Waals surface area contributed by atoms with E-state index in [1.807, 2.05) is 20.2 Å². The molecule has 2 atom stereocenters. The number of likely N-dealkylation sites (N-methyl/N-ethyl adjacent to an activating group) is 1. The third-order valence-electron chi connectivity index (χ3n) is 4.99. The number of carbonyl (C=O) groups is 1. The monoisotopic (exact) mass is 386 g/mol. The van der Waals surface area contributed by atoms with E-state index in [0.29, 0.717) is 23.3 Å². The average Bonchev–Trinajstić information content (AvgIpc) is 3.01. The van der Waals surface area contributed by atoms with Gasteiger partial charge in [-0.05, 0) is 38.2 Å². The van der Waals surface area contributed by atoms with Crippen molar-refractivity contribution in [1.82, 2.24) is 10.2 Å². The largest absolute Gasteiger partial charge is 0.352 e. The second kappa shape index (κ2) is 7.80. The van der Waals surface area contributed by atoms with E-state index in [1.54, 1.807) is 12.1 Å². The van der Waals surface area contributed by atoms with Gasteiger partial charge < -0.3 is 19.7 Å². The zero-order chi connectivity index (χ0) is 18.0. The van der Waals surface area contributed by atoms with Gasteiger partial charge in [0.1, 0.15) is 0 Å². The van der Waals surface area contributed by atoms with Crippen molar-refractivity contribution in [2.45, 2.75) is 43.6 Å².